The van der Waals surface area contributed by atoms with Gasteiger partial charge in [0, 0.05) is 35.8 Å². The molecule has 1 aliphatic heterocycles. The van der Waals surface area contributed by atoms with Crippen LogP contribution in [-0.4, -0.2) is 46.8 Å². The van der Waals surface area contributed by atoms with Gasteiger partial charge in [-0.2, -0.15) is 18.2 Å². The molecule has 1 spiro atoms. The van der Waals surface area contributed by atoms with E-state index in [0.29, 0.717) is 18.5 Å². The molecule has 39 heavy (non-hydrogen) atoms. The molecule has 0 atom stereocenters. The fraction of sp³-hybridized carbons (Fsp3) is 0.407. The summed E-state index contributed by atoms with van der Waals surface area (Å²) in [6, 6.07) is 11.1. The largest absolute Gasteiger partial charge is 0.405 e. The first-order valence-electron chi connectivity index (χ1n) is 12.8. The van der Waals surface area contributed by atoms with Gasteiger partial charge in [-0.25, -0.2) is 9.97 Å². The monoisotopic (exact) mass is 541 g/mol. The van der Waals surface area contributed by atoms with Crippen LogP contribution in [0, 0.1) is 0 Å². The van der Waals surface area contributed by atoms with Gasteiger partial charge in [-0.1, -0.05) is 12.1 Å². The lowest BCUT2D eigenvalue weighted by molar-refractivity contribution is -0.123. The number of alkyl halides is 4. The number of hydrogen-bond donors (Lipinski definition) is 4. The fourth-order valence-electron chi connectivity index (χ4n) is 5.10. The lowest BCUT2D eigenvalue weighted by Crippen LogP contribution is -2.34. The molecule has 3 aromatic rings. The molecule has 0 radical (unpaired) electrons. The van der Waals surface area contributed by atoms with Crippen molar-refractivity contribution in [2.45, 2.75) is 49.2 Å². The quantitative estimate of drug-likeness (QED) is 0.304. The van der Waals surface area contributed by atoms with Crippen molar-refractivity contribution in [3.63, 3.8) is 0 Å². The summed E-state index contributed by atoms with van der Waals surface area (Å²) in [5, 5.41) is 11.4. The van der Waals surface area contributed by atoms with Crippen molar-refractivity contribution in [3.05, 3.63) is 65.0 Å². The minimum absolute atomic E-state index is 0.0292. The van der Waals surface area contributed by atoms with E-state index in [1.807, 2.05) is 17.4 Å². The van der Waals surface area contributed by atoms with E-state index < -0.39 is 30.7 Å². The van der Waals surface area contributed by atoms with E-state index in [-0.39, 0.29) is 28.6 Å². The van der Waals surface area contributed by atoms with Crippen LogP contribution in [0.2, 0.25) is 0 Å². The molecule has 204 valence electrons. The summed E-state index contributed by atoms with van der Waals surface area (Å²) in [5.41, 5.74) is 3.28. The van der Waals surface area contributed by atoms with Gasteiger partial charge in [-0.3, -0.25) is 9.18 Å². The highest BCUT2D eigenvalue weighted by molar-refractivity contribution is 5.99. The molecule has 0 bridgehead atoms. The molecule has 2 aromatic heterocycles. The Morgan fingerprint density at radius 3 is 2.59 bits per heavy atom. The number of nitrogens with zero attached hydrogens (tertiary/aromatic N) is 3. The third-order valence-corrected chi connectivity index (χ3v) is 7.70. The van der Waals surface area contributed by atoms with Gasteiger partial charge in [-0.15, -0.1) is 0 Å². The van der Waals surface area contributed by atoms with Gasteiger partial charge >= 0.3 is 6.18 Å². The highest BCUT2D eigenvalue weighted by Crippen LogP contribution is 2.51. The molecule has 8 nitrogen and oxygen atoms in total. The fourth-order valence-corrected chi connectivity index (χ4v) is 5.10. The Kier molecular flexibility index (Phi) is 6.17. The Bertz CT molecular complexity index is 1420. The number of hydrogen-bond acceptors (Lipinski definition) is 7. The van der Waals surface area contributed by atoms with Crippen molar-refractivity contribution < 1.29 is 22.4 Å². The normalized spacial score (nSPS) is 18.3. The zero-order valence-electron chi connectivity index (χ0n) is 21.0. The van der Waals surface area contributed by atoms with Gasteiger partial charge in [0.25, 0.3) is 5.91 Å². The lowest BCUT2D eigenvalue weighted by atomic mass is 9.88. The van der Waals surface area contributed by atoms with Crippen molar-refractivity contribution in [2.75, 3.05) is 30.4 Å². The number of anilines is 4. The average molecular weight is 542 g/mol. The molecule has 4 N–H and O–H groups in total. The van der Waals surface area contributed by atoms with Crippen LogP contribution in [0.25, 0.3) is 0 Å². The van der Waals surface area contributed by atoms with Gasteiger partial charge in [-0.05, 0) is 61.1 Å². The van der Waals surface area contributed by atoms with Gasteiger partial charge < -0.3 is 21.3 Å². The number of carbonyl (C=O) groups is 1. The minimum Gasteiger partial charge on any atom is -0.343 e. The van der Waals surface area contributed by atoms with Crippen LogP contribution in [-0.2, 0) is 17.4 Å². The summed E-state index contributed by atoms with van der Waals surface area (Å²) < 4.78 is 51.8. The van der Waals surface area contributed by atoms with E-state index in [9.17, 15) is 22.4 Å². The molecule has 12 heteroatoms. The maximum absolute atomic E-state index is 13.6. The van der Waals surface area contributed by atoms with E-state index in [4.69, 9.17) is 0 Å². The number of carbonyl (C=O) groups excluding carboxylic acids is 1. The molecule has 0 unspecified atom stereocenters. The molecule has 2 aliphatic carbocycles. The third kappa shape index (κ3) is 5.25. The molecule has 2 saturated carbocycles. The first-order valence-corrected chi connectivity index (χ1v) is 12.8. The lowest BCUT2D eigenvalue weighted by Gasteiger charge is -2.26. The van der Waals surface area contributed by atoms with Crippen LogP contribution >= 0.6 is 0 Å². The predicted molar refractivity (Wildman–Crippen MR) is 137 cm³/mol. The Morgan fingerprint density at radius 1 is 1.05 bits per heavy atom. The van der Waals surface area contributed by atoms with Gasteiger partial charge in [0.05, 0.1) is 5.69 Å². The maximum Gasteiger partial charge on any atom is 0.405 e. The molecule has 3 aliphatic rings. The molecular formula is C27H27F4N7O. The zero-order chi connectivity index (χ0) is 27.3. The Morgan fingerprint density at radius 2 is 1.87 bits per heavy atom. The summed E-state index contributed by atoms with van der Waals surface area (Å²) in [6.07, 6.45) is 0.284. The summed E-state index contributed by atoms with van der Waals surface area (Å²) in [7, 11) is 0. The molecule has 2 fully saturated rings. The van der Waals surface area contributed by atoms with Crippen molar-refractivity contribution in [1.29, 1.82) is 0 Å². The minimum atomic E-state index is -4.58. The number of amides is 1. The van der Waals surface area contributed by atoms with Crippen molar-refractivity contribution in [2.24, 2.45) is 0 Å². The second-order valence-corrected chi connectivity index (χ2v) is 10.6. The van der Waals surface area contributed by atoms with Crippen LogP contribution in [0.1, 0.15) is 52.9 Å². The number of halogens is 4. The second-order valence-electron chi connectivity index (χ2n) is 10.6. The molecule has 3 heterocycles. The van der Waals surface area contributed by atoms with Gasteiger partial charge in [0.2, 0.25) is 5.95 Å². The van der Waals surface area contributed by atoms with E-state index in [0.717, 1.165) is 37.8 Å². The number of fused-ring (bicyclic) bond motifs is 2. The summed E-state index contributed by atoms with van der Waals surface area (Å²) in [6.45, 7) is -0.304. The van der Waals surface area contributed by atoms with Crippen LogP contribution in [0.5, 0.6) is 0 Å². The van der Waals surface area contributed by atoms with E-state index in [1.54, 1.807) is 18.2 Å². The van der Waals surface area contributed by atoms with Crippen LogP contribution < -0.4 is 21.3 Å². The third-order valence-electron chi connectivity index (χ3n) is 7.70. The van der Waals surface area contributed by atoms with Crippen LogP contribution in [0.4, 0.5) is 40.8 Å². The average Bonchev–Trinajstić information content (AvgIpc) is 3.84. The summed E-state index contributed by atoms with van der Waals surface area (Å²) in [5.74, 6) is -0.586. The van der Waals surface area contributed by atoms with Crippen molar-refractivity contribution >= 4 is 29.2 Å². The van der Waals surface area contributed by atoms with Crippen molar-refractivity contribution in [3.8, 4) is 0 Å². The standard InChI is InChI=1S/C27H27F4N7O/c28-13-25(6-7-25)20-2-1-3-21(36-20)37-22-18(23(39)34-15-27(29,30)31)12-33-24(38-22)35-17-4-5-19-16(10-17)11-32-14-26(19)8-9-26/h1-5,10,12,32H,6-9,11,13-15H2,(H,34,39)(H2,33,35,36,37,38). The number of aromatic nitrogens is 3. The van der Waals surface area contributed by atoms with E-state index in [1.165, 1.54) is 11.1 Å². The number of rotatable bonds is 8. The smallest absolute Gasteiger partial charge is 0.343 e. The highest BCUT2D eigenvalue weighted by atomic mass is 19.4. The first-order chi connectivity index (χ1) is 18.7. The topological polar surface area (TPSA) is 104 Å². The number of pyridine rings is 1. The van der Waals surface area contributed by atoms with Crippen molar-refractivity contribution in [1.82, 2.24) is 25.6 Å². The first kappa shape index (κ1) is 25.5. The maximum atomic E-state index is 13.6. The van der Waals surface area contributed by atoms with Crippen LogP contribution in [0.3, 0.4) is 0 Å². The Hall–Kier alpha value is -3.80. The molecular weight excluding hydrogens is 514 g/mol. The summed E-state index contributed by atoms with van der Waals surface area (Å²) >= 11 is 0. The second kappa shape index (κ2) is 9.44. The highest BCUT2D eigenvalue weighted by Gasteiger charge is 2.47. The van der Waals surface area contributed by atoms with E-state index >= 15 is 0 Å². The zero-order valence-corrected chi connectivity index (χ0v) is 21.0. The molecule has 6 rings (SSSR count). The van der Waals surface area contributed by atoms with Gasteiger partial charge in [0.15, 0.2) is 0 Å². The molecule has 1 amide bonds. The SMILES string of the molecule is O=C(NCC(F)(F)F)c1cnc(Nc2ccc3c(c2)CNCC32CC2)nc1Nc1cccc(C2(CF)CC2)n1. The number of benzene rings is 1. The molecule has 1 aromatic carbocycles. The number of nitrogens with one attached hydrogen (secondary N) is 4. The Balaban J connectivity index is 1.28. The van der Waals surface area contributed by atoms with E-state index in [2.05, 4.69) is 37.0 Å². The summed E-state index contributed by atoms with van der Waals surface area (Å²) in [4.78, 5) is 25.7. The predicted octanol–water partition coefficient (Wildman–Crippen LogP) is 4.79. The molecule has 0 saturated heterocycles. The Labute approximate surface area is 222 Å². The van der Waals surface area contributed by atoms with Crippen LogP contribution in [0.15, 0.2) is 42.6 Å². The van der Waals surface area contributed by atoms with Gasteiger partial charge in [0.1, 0.15) is 30.4 Å².